The highest BCUT2D eigenvalue weighted by Gasteiger charge is 2.40. The second kappa shape index (κ2) is 3.32. The summed E-state index contributed by atoms with van der Waals surface area (Å²) >= 11 is 0. The zero-order valence-corrected chi connectivity index (χ0v) is 8.02. The fraction of sp³-hybridized carbons (Fsp3) is 1.00. The van der Waals surface area contributed by atoms with Crippen LogP contribution in [-0.2, 0) is 9.84 Å². The molecule has 1 saturated heterocycles. The third-order valence-corrected chi connectivity index (χ3v) is 4.06. The van der Waals surface area contributed by atoms with Crippen molar-refractivity contribution in [3.05, 3.63) is 0 Å². The monoisotopic (exact) mass is 193 g/mol. The zero-order valence-electron chi connectivity index (χ0n) is 7.21. The lowest BCUT2D eigenvalue weighted by molar-refractivity contribution is 0.181. The summed E-state index contributed by atoms with van der Waals surface area (Å²) in [5.41, 5.74) is -0.562. The molecular formula is C7H15NO3S. The third-order valence-electron chi connectivity index (χ3n) is 2.24. The van der Waals surface area contributed by atoms with E-state index in [4.69, 9.17) is 5.11 Å². The van der Waals surface area contributed by atoms with Gasteiger partial charge in [-0.05, 0) is 13.0 Å². The largest absolute Gasteiger partial charge is 0.394 e. The Morgan fingerprint density at radius 3 is 2.58 bits per heavy atom. The Hall–Kier alpha value is -0.130. The van der Waals surface area contributed by atoms with Gasteiger partial charge < -0.3 is 10.4 Å². The van der Waals surface area contributed by atoms with Crippen LogP contribution in [0, 0.1) is 0 Å². The Morgan fingerprint density at radius 2 is 2.25 bits per heavy atom. The van der Waals surface area contributed by atoms with Crippen molar-refractivity contribution in [1.82, 2.24) is 5.32 Å². The predicted molar refractivity (Wildman–Crippen MR) is 46.8 cm³/mol. The maximum atomic E-state index is 11.1. The minimum atomic E-state index is -2.91. The van der Waals surface area contributed by atoms with E-state index in [1.165, 1.54) is 0 Å². The summed E-state index contributed by atoms with van der Waals surface area (Å²) in [6, 6.07) is 0. The van der Waals surface area contributed by atoms with Crippen LogP contribution in [0.3, 0.4) is 0 Å². The van der Waals surface area contributed by atoms with E-state index >= 15 is 0 Å². The molecule has 0 aromatic rings. The first kappa shape index (κ1) is 9.95. The summed E-state index contributed by atoms with van der Waals surface area (Å²) in [6.07, 6.45) is 0.527. The van der Waals surface area contributed by atoms with Crippen LogP contribution in [0.25, 0.3) is 0 Å². The Labute approximate surface area is 72.9 Å². The van der Waals surface area contributed by atoms with E-state index in [1.807, 2.05) is 6.92 Å². The van der Waals surface area contributed by atoms with Gasteiger partial charge in [-0.15, -0.1) is 0 Å². The molecule has 1 aliphatic rings. The molecule has 0 amide bonds. The van der Waals surface area contributed by atoms with E-state index in [2.05, 4.69) is 5.32 Å². The van der Waals surface area contributed by atoms with Crippen molar-refractivity contribution in [2.24, 2.45) is 0 Å². The Morgan fingerprint density at radius 1 is 1.58 bits per heavy atom. The highest BCUT2D eigenvalue weighted by atomic mass is 32.2. The van der Waals surface area contributed by atoms with Crippen LogP contribution < -0.4 is 5.32 Å². The lowest BCUT2D eigenvalue weighted by Crippen LogP contribution is -2.49. The van der Waals surface area contributed by atoms with Gasteiger partial charge in [0.05, 0.1) is 23.7 Å². The number of hydrogen-bond acceptors (Lipinski definition) is 4. The molecule has 1 fully saturated rings. The van der Waals surface area contributed by atoms with Crippen LogP contribution >= 0.6 is 0 Å². The summed E-state index contributed by atoms with van der Waals surface area (Å²) in [7, 11) is -2.91. The van der Waals surface area contributed by atoms with Crippen molar-refractivity contribution in [3.8, 4) is 0 Å². The molecular weight excluding hydrogens is 178 g/mol. The van der Waals surface area contributed by atoms with Crippen molar-refractivity contribution in [2.45, 2.75) is 18.9 Å². The maximum Gasteiger partial charge on any atom is 0.152 e. The van der Waals surface area contributed by atoms with Gasteiger partial charge >= 0.3 is 0 Å². The maximum absolute atomic E-state index is 11.1. The molecule has 1 atom stereocenters. The van der Waals surface area contributed by atoms with Gasteiger partial charge in [-0.1, -0.05) is 6.92 Å². The number of hydrogen-bond donors (Lipinski definition) is 2. The van der Waals surface area contributed by atoms with Gasteiger partial charge in [0.15, 0.2) is 9.84 Å². The predicted octanol–water partition coefficient (Wildman–Crippen LogP) is -0.854. The van der Waals surface area contributed by atoms with Crippen LogP contribution in [0.15, 0.2) is 0 Å². The number of nitrogens with one attached hydrogen (secondary N) is 1. The van der Waals surface area contributed by atoms with Gasteiger partial charge in [0.2, 0.25) is 0 Å². The molecule has 1 aliphatic heterocycles. The first-order valence-corrected chi connectivity index (χ1v) is 5.92. The van der Waals surface area contributed by atoms with Crippen molar-refractivity contribution < 1.29 is 13.5 Å². The quantitative estimate of drug-likeness (QED) is 0.612. The fourth-order valence-electron chi connectivity index (χ4n) is 1.61. The minimum absolute atomic E-state index is 0.0737. The molecule has 5 heteroatoms. The van der Waals surface area contributed by atoms with E-state index < -0.39 is 15.4 Å². The molecule has 0 aromatic carbocycles. The first-order valence-electron chi connectivity index (χ1n) is 4.10. The van der Waals surface area contributed by atoms with Gasteiger partial charge in [-0.25, -0.2) is 8.42 Å². The van der Waals surface area contributed by atoms with Crippen molar-refractivity contribution in [3.63, 3.8) is 0 Å². The smallest absolute Gasteiger partial charge is 0.152 e. The molecule has 0 aromatic heterocycles. The molecule has 1 unspecified atom stereocenters. The summed E-state index contributed by atoms with van der Waals surface area (Å²) in [5.74, 6) is 0.269. The van der Waals surface area contributed by atoms with Crippen LogP contribution in [-0.4, -0.2) is 43.7 Å². The molecule has 0 radical (unpaired) electrons. The van der Waals surface area contributed by atoms with E-state index in [0.29, 0.717) is 13.0 Å². The second-order valence-corrected chi connectivity index (χ2v) is 5.49. The summed E-state index contributed by atoms with van der Waals surface area (Å²) < 4.78 is 22.3. The van der Waals surface area contributed by atoms with Gasteiger partial charge in [-0.2, -0.15) is 0 Å². The molecule has 1 heterocycles. The Balaban J connectivity index is 2.72. The zero-order chi connectivity index (χ0) is 9.24. The van der Waals surface area contributed by atoms with Gasteiger partial charge in [-0.3, -0.25) is 0 Å². The van der Waals surface area contributed by atoms with E-state index in [-0.39, 0.29) is 18.1 Å². The first-order chi connectivity index (χ1) is 5.54. The molecule has 0 aliphatic carbocycles. The highest BCUT2D eigenvalue weighted by molar-refractivity contribution is 7.91. The summed E-state index contributed by atoms with van der Waals surface area (Å²) in [4.78, 5) is 0. The van der Waals surface area contributed by atoms with Crippen LogP contribution in [0.4, 0.5) is 0 Å². The van der Waals surface area contributed by atoms with Crippen LogP contribution in [0.2, 0.25) is 0 Å². The van der Waals surface area contributed by atoms with Crippen molar-refractivity contribution in [2.75, 3.05) is 24.7 Å². The van der Waals surface area contributed by atoms with Gasteiger partial charge in [0, 0.05) is 0 Å². The molecule has 72 valence electrons. The molecule has 12 heavy (non-hydrogen) atoms. The molecule has 1 rings (SSSR count). The van der Waals surface area contributed by atoms with E-state index in [0.717, 1.165) is 0 Å². The number of aliphatic hydroxyl groups is 1. The molecule has 0 bridgehead atoms. The standard InChI is InChI=1S/C7H15NO3S/c1-2-8-7(5-9)3-4-12(10,11)6-7/h8-9H,2-6H2,1H3. The van der Waals surface area contributed by atoms with Crippen LogP contribution in [0.1, 0.15) is 13.3 Å². The second-order valence-electron chi connectivity index (χ2n) is 3.31. The topological polar surface area (TPSA) is 66.4 Å². The average Bonchev–Trinajstić information content (AvgIpc) is 2.29. The lowest BCUT2D eigenvalue weighted by Gasteiger charge is -2.25. The van der Waals surface area contributed by atoms with Crippen molar-refractivity contribution in [1.29, 1.82) is 0 Å². The highest BCUT2D eigenvalue weighted by Crippen LogP contribution is 2.22. The van der Waals surface area contributed by atoms with Gasteiger partial charge in [0.1, 0.15) is 0 Å². The fourth-order valence-corrected chi connectivity index (χ4v) is 3.64. The number of sulfone groups is 1. The van der Waals surface area contributed by atoms with E-state index in [1.54, 1.807) is 0 Å². The molecule has 0 saturated carbocycles. The van der Waals surface area contributed by atoms with Crippen LogP contribution in [0.5, 0.6) is 0 Å². The number of rotatable bonds is 3. The molecule has 4 nitrogen and oxygen atoms in total. The Bertz CT molecular complexity index is 249. The number of aliphatic hydroxyl groups excluding tert-OH is 1. The summed E-state index contributed by atoms with van der Waals surface area (Å²) in [6.45, 7) is 2.50. The molecule has 0 spiro atoms. The summed E-state index contributed by atoms with van der Waals surface area (Å²) in [5, 5.41) is 12.1. The molecule has 2 N–H and O–H groups in total. The lowest BCUT2D eigenvalue weighted by atomic mass is 10.0. The third kappa shape index (κ3) is 1.97. The SMILES string of the molecule is CCNC1(CO)CCS(=O)(=O)C1. The van der Waals surface area contributed by atoms with Gasteiger partial charge in [0.25, 0.3) is 0 Å². The Kier molecular flexibility index (Phi) is 2.75. The normalized spacial score (nSPS) is 33.8. The number of likely N-dealkylation sites (N-methyl/N-ethyl adjacent to an activating group) is 1. The minimum Gasteiger partial charge on any atom is -0.394 e. The van der Waals surface area contributed by atoms with Crippen molar-refractivity contribution >= 4 is 9.84 Å². The average molecular weight is 193 g/mol. The van der Waals surface area contributed by atoms with E-state index in [9.17, 15) is 8.42 Å².